The van der Waals surface area contributed by atoms with Crippen LogP contribution in [0.15, 0.2) is 53.3 Å². The Labute approximate surface area is 212 Å². The van der Waals surface area contributed by atoms with Crippen LogP contribution in [-0.2, 0) is 17.6 Å². The van der Waals surface area contributed by atoms with E-state index in [0.29, 0.717) is 53.9 Å². The number of hydrogen-bond donors (Lipinski definition) is 2. The number of halogens is 1. The number of nitrogens with one attached hydrogen (secondary N) is 1. The average molecular weight is 500 g/mol. The maximum Gasteiger partial charge on any atom is 0.261 e. The van der Waals surface area contributed by atoms with Gasteiger partial charge in [0, 0.05) is 25.4 Å². The maximum atomic E-state index is 13.2. The van der Waals surface area contributed by atoms with Crippen LogP contribution < -0.4 is 16.6 Å². The molecule has 1 fully saturated rings. The minimum Gasteiger partial charge on any atom is -0.382 e. The molecular weight excluding hydrogens is 473 g/mol. The number of para-hydroxylation sites is 1. The number of nitrogens with two attached hydrogens (primary N) is 1. The van der Waals surface area contributed by atoms with Crippen molar-refractivity contribution < 1.29 is 9.18 Å². The van der Waals surface area contributed by atoms with Crippen molar-refractivity contribution in [1.82, 2.24) is 24.6 Å². The lowest BCUT2D eigenvalue weighted by Crippen LogP contribution is -2.28. The summed E-state index contributed by atoms with van der Waals surface area (Å²) < 4.78 is 16.4. The largest absolute Gasteiger partial charge is 0.382 e. The van der Waals surface area contributed by atoms with Crippen LogP contribution in [0.25, 0.3) is 16.6 Å². The van der Waals surface area contributed by atoms with Gasteiger partial charge in [0.25, 0.3) is 5.56 Å². The Morgan fingerprint density at radius 1 is 1.16 bits per heavy atom. The lowest BCUT2D eigenvalue weighted by atomic mass is 10.1. The number of nitrogen functional groups attached to an aromatic ring is 1. The molecule has 1 aliphatic carbocycles. The second kappa shape index (κ2) is 10.2. The van der Waals surface area contributed by atoms with Crippen molar-refractivity contribution in [2.24, 2.45) is 0 Å². The van der Waals surface area contributed by atoms with E-state index in [-0.39, 0.29) is 41.1 Å². The van der Waals surface area contributed by atoms with E-state index in [2.05, 4.69) is 21.5 Å². The molecule has 4 aromatic rings. The summed E-state index contributed by atoms with van der Waals surface area (Å²) in [6, 6.07) is 15.2. The van der Waals surface area contributed by atoms with Crippen LogP contribution in [0, 0.1) is 17.1 Å². The summed E-state index contributed by atoms with van der Waals surface area (Å²) >= 11 is 0. The zero-order valence-corrected chi connectivity index (χ0v) is 20.2. The Hall–Kier alpha value is -4.52. The van der Waals surface area contributed by atoms with Gasteiger partial charge in [-0.25, -0.2) is 14.1 Å². The Kier molecular flexibility index (Phi) is 6.68. The number of rotatable bonds is 9. The van der Waals surface area contributed by atoms with Gasteiger partial charge in [-0.15, -0.1) is 0 Å². The molecule has 37 heavy (non-hydrogen) atoms. The first-order valence-corrected chi connectivity index (χ1v) is 12.3. The summed E-state index contributed by atoms with van der Waals surface area (Å²) in [6.07, 6.45) is 3.49. The predicted molar refractivity (Wildman–Crippen MR) is 137 cm³/mol. The molecule has 0 atom stereocenters. The van der Waals surface area contributed by atoms with Crippen molar-refractivity contribution in [3.63, 3.8) is 0 Å². The molecule has 2 aromatic heterocycles. The van der Waals surface area contributed by atoms with E-state index in [1.807, 2.05) is 18.2 Å². The molecule has 1 aliphatic rings. The molecule has 0 aliphatic heterocycles. The van der Waals surface area contributed by atoms with Crippen molar-refractivity contribution in [1.29, 1.82) is 5.26 Å². The minimum absolute atomic E-state index is 0.0452. The van der Waals surface area contributed by atoms with Crippen LogP contribution in [0.4, 0.5) is 10.2 Å². The van der Waals surface area contributed by atoms with E-state index < -0.39 is 0 Å². The molecule has 188 valence electrons. The van der Waals surface area contributed by atoms with Crippen LogP contribution >= 0.6 is 0 Å². The summed E-state index contributed by atoms with van der Waals surface area (Å²) in [6.45, 7) is 0.396. The molecule has 2 aromatic carbocycles. The van der Waals surface area contributed by atoms with Gasteiger partial charge in [-0.05, 0) is 62.1 Å². The molecule has 0 unspecified atom stereocenters. The summed E-state index contributed by atoms with van der Waals surface area (Å²) in [5, 5.41) is 17.5. The predicted octanol–water partition coefficient (Wildman–Crippen LogP) is 3.19. The van der Waals surface area contributed by atoms with Gasteiger partial charge >= 0.3 is 0 Å². The topological polar surface area (TPSA) is 132 Å². The van der Waals surface area contributed by atoms with E-state index in [1.165, 1.54) is 28.9 Å². The van der Waals surface area contributed by atoms with Crippen molar-refractivity contribution in [3.8, 4) is 11.8 Å². The fraction of sp³-hybridized carbons (Fsp3) is 0.296. The summed E-state index contributed by atoms with van der Waals surface area (Å²) in [7, 11) is 0. The molecule has 2 heterocycles. The number of aryl methyl sites for hydroxylation is 2. The second-order valence-corrected chi connectivity index (χ2v) is 9.11. The normalized spacial score (nSPS) is 13.0. The van der Waals surface area contributed by atoms with Crippen molar-refractivity contribution in [2.75, 3.05) is 12.3 Å². The average Bonchev–Trinajstić information content (AvgIpc) is 3.69. The zero-order valence-electron chi connectivity index (χ0n) is 20.2. The Morgan fingerprint density at radius 2 is 1.92 bits per heavy atom. The standard InChI is InChI=1S/C27H26FN7O2/c28-17-7-9-19(10-8-17)35-26(30)21(16-29)23(33-35)6-3-15-31-25(36)14-13-24-32-22-5-2-1-4-20(22)27(37)34(24)18-11-12-18/h1-2,4-5,7-10,18H,3,6,11-15,30H2,(H,31,36). The molecule has 0 spiro atoms. The Balaban J connectivity index is 1.18. The number of anilines is 1. The quantitative estimate of drug-likeness (QED) is 0.340. The van der Waals surface area contributed by atoms with Crippen LogP contribution in [-0.4, -0.2) is 31.8 Å². The molecule has 10 heteroatoms. The van der Waals surface area contributed by atoms with Gasteiger partial charge in [-0.2, -0.15) is 10.4 Å². The third-order valence-electron chi connectivity index (χ3n) is 6.46. The number of carbonyl (C=O) groups is 1. The van der Waals surface area contributed by atoms with Crippen LogP contribution in [0.2, 0.25) is 0 Å². The molecule has 5 rings (SSSR count). The number of nitriles is 1. The lowest BCUT2D eigenvalue weighted by molar-refractivity contribution is -0.121. The van der Waals surface area contributed by atoms with Gasteiger partial charge in [0.1, 0.15) is 29.1 Å². The van der Waals surface area contributed by atoms with E-state index in [4.69, 9.17) is 5.73 Å². The number of aromatic nitrogens is 4. The maximum absolute atomic E-state index is 13.2. The fourth-order valence-corrected chi connectivity index (χ4v) is 4.43. The van der Waals surface area contributed by atoms with E-state index in [0.717, 1.165) is 12.8 Å². The third-order valence-corrected chi connectivity index (χ3v) is 6.46. The molecule has 0 radical (unpaired) electrons. The number of fused-ring (bicyclic) bond motifs is 1. The highest BCUT2D eigenvalue weighted by molar-refractivity contribution is 5.78. The van der Waals surface area contributed by atoms with Crippen LogP contribution in [0.5, 0.6) is 0 Å². The van der Waals surface area contributed by atoms with Gasteiger partial charge in [0.2, 0.25) is 5.91 Å². The van der Waals surface area contributed by atoms with Gasteiger partial charge in [-0.1, -0.05) is 12.1 Å². The van der Waals surface area contributed by atoms with Gasteiger partial charge < -0.3 is 11.1 Å². The zero-order chi connectivity index (χ0) is 25.9. The molecule has 9 nitrogen and oxygen atoms in total. The molecule has 0 saturated heterocycles. The number of benzene rings is 2. The van der Waals surface area contributed by atoms with E-state index in [1.54, 1.807) is 10.6 Å². The Morgan fingerprint density at radius 3 is 2.65 bits per heavy atom. The molecule has 1 saturated carbocycles. The highest BCUT2D eigenvalue weighted by Crippen LogP contribution is 2.35. The molecule has 0 bridgehead atoms. The second-order valence-electron chi connectivity index (χ2n) is 9.11. The molecule has 3 N–H and O–H groups in total. The van der Waals surface area contributed by atoms with Crippen LogP contribution in [0.1, 0.15) is 48.8 Å². The first-order chi connectivity index (χ1) is 18.0. The minimum atomic E-state index is -0.377. The highest BCUT2D eigenvalue weighted by Gasteiger charge is 2.28. The fourth-order valence-electron chi connectivity index (χ4n) is 4.43. The highest BCUT2D eigenvalue weighted by atomic mass is 19.1. The van der Waals surface area contributed by atoms with Crippen molar-refractivity contribution >= 4 is 22.6 Å². The van der Waals surface area contributed by atoms with Crippen molar-refractivity contribution in [3.05, 3.63) is 81.8 Å². The van der Waals surface area contributed by atoms with Gasteiger partial charge in [-0.3, -0.25) is 14.2 Å². The Bertz CT molecular complexity index is 1560. The number of amides is 1. The van der Waals surface area contributed by atoms with Crippen LogP contribution in [0.3, 0.4) is 0 Å². The smallest absolute Gasteiger partial charge is 0.261 e. The third kappa shape index (κ3) is 5.07. The monoisotopic (exact) mass is 499 g/mol. The number of nitrogens with zero attached hydrogens (tertiary/aromatic N) is 5. The molecular formula is C27H26FN7O2. The van der Waals surface area contributed by atoms with E-state index in [9.17, 15) is 19.2 Å². The van der Waals surface area contributed by atoms with Gasteiger partial charge in [0.05, 0.1) is 22.3 Å². The molecule has 1 amide bonds. The summed E-state index contributed by atoms with van der Waals surface area (Å²) in [5.41, 5.74) is 8.05. The SMILES string of the molecule is N#Cc1c(CCCNC(=O)CCc2nc3ccccc3c(=O)n2C2CC2)nn(-c2ccc(F)cc2)c1N. The number of carbonyl (C=O) groups excluding carboxylic acids is 1. The number of hydrogen-bond acceptors (Lipinski definition) is 6. The lowest BCUT2D eigenvalue weighted by Gasteiger charge is -2.13. The summed E-state index contributed by atoms with van der Waals surface area (Å²) in [5.74, 6) is 0.319. The van der Waals surface area contributed by atoms with Gasteiger partial charge in [0.15, 0.2) is 0 Å². The first-order valence-electron chi connectivity index (χ1n) is 12.3. The van der Waals surface area contributed by atoms with E-state index >= 15 is 0 Å². The summed E-state index contributed by atoms with van der Waals surface area (Å²) in [4.78, 5) is 30.2. The first kappa shape index (κ1) is 24.2. The van der Waals surface area contributed by atoms with Crippen molar-refractivity contribution in [2.45, 2.75) is 44.6 Å².